The van der Waals surface area contributed by atoms with E-state index >= 15 is 0 Å². The fourth-order valence-electron chi connectivity index (χ4n) is 26.7. The molecule has 0 aromatic heterocycles. The van der Waals surface area contributed by atoms with E-state index in [4.69, 9.17) is 51.1 Å². The van der Waals surface area contributed by atoms with E-state index in [-0.39, 0.29) is 66.2 Å². The van der Waals surface area contributed by atoms with Crippen LogP contribution in [0.3, 0.4) is 0 Å². The van der Waals surface area contributed by atoms with Crippen LogP contribution in [-0.2, 0) is 62.5 Å². The van der Waals surface area contributed by atoms with Crippen LogP contribution in [0.4, 0.5) is 0 Å². The monoisotopic (exact) mass is 1950 g/mol. The Labute approximate surface area is 777 Å². The summed E-state index contributed by atoms with van der Waals surface area (Å²) in [6.07, 6.45) is 72.9. The number of allylic oxidation sites excluding steroid dienone is 20. The van der Waals surface area contributed by atoms with Gasteiger partial charge in [-0.1, -0.05) is 358 Å². The molecule has 0 bridgehead atoms. The van der Waals surface area contributed by atoms with Crippen molar-refractivity contribution in [2.75, 3.05) is 0 Å². The molecule has 0 saturated heterocycles. The molecule has 0 spiro atoms. The zero-order valence-corrected chi connectivity index (χ0v) is 91.3. The minimum atomic E-state index is -2.52. The number of fused-ring (bicyclic) bond motifs is 11. The molecule has 10 saturated carbocycles. The first-order valence-corrected chi connectivity index (χ1v) is 66.0. The van der Waals surface area contributed by atoms with E-state index in [1.807, 2.05) is 55.4 Å². The average molecular weight is 1960 g/mol. The molecule has 0 aliphatic heterocycles. The third-order valence-corrected chi connectivity index (χ3v) is 37.8. The summed E-state index contributed by atoms with van der Waals surface area (Å²) in [5, 5.41) is 3.36. The molecule has 2 aromatic carbocycles. The van der Waals surface area contributed by atoms with Gasteiger partial charge in [0.15, 0.2) is 0 Å². The first-order chi connectivity index (χ1) is 52.9. The van der Waals surface area contributed by atoms with Gasteiger partial charge in [-0.05, 0) is 262 Å². The standard InChI is InChI=1S/C50H62Si.2C21H32.4C2H6.6CH3.6ClH.3Zr/c1-47(2)25-27-49(5,6)43-31-39-37(29-41(43)47)38-30-42-44(50(7,8)28-26-48(42,3)4)32-40(38)46(39)51(34-18-11-9-12-19-34,35-20-13-10-14-21-35)45-24-23-33-17-15-16-22-36(33)45;1-21(2,19-13-11-15-7-3-5-9-17(15)19)20-14-12-16-8-4-6-10-18(16)20;1-21(2,15-9-3-4-10-15)20-18-13-7-5-11-16(18)17-12-6-8-14-19(17)20;4*1-2;;;;;;;;;;;;;;;/h9-22,29-33,36-40,45-46H,23-28H2,1-8H3;3,5,7,9,15-20H,4,6,8,10-14H2,1-2H3;5,7,11,13,15-20H,3-4,6,8-10,12,14H2,1-2H3;4*1-2H3;6*1H3;6*1H;;;/q;;;;;;;6*-1;;;;;;;3*+4/p-6. The molecule has 0 heterocycles. The summed E-state index contributed by atoms with van der Waals surface area (Å²) >= 11 is -2.48. The van der Waals surface area contributed by atoms with Crippen molar-refractivity contribution in [2.24, 2.45) is 139 Å². The van der Waals surface area contributed by atoms with E-state index in [1.165, 1.54) is 141 Å². The normalized spacial score (nSPS) is 32.5. The molecule has 10 fully saturated rings. The Morgan fingerprint density at radius 2 is 0.664 bits per heavy atom. The van der Waals surface area contributed by atoms with Gasteiger partial charge >= 0.3 is 114 Å². The number of halogens is 6. The Balaban J connectivity index is 0.000000585. The van der Waals surface area contributed by atoms with Crippen LogP contribution >= 0.6 is 51.1 Å². The molecular weight excluding hydrogens is 1790 g/mol. The maximum absolute atomic E-state index is 4.93. The molecule has 650 valence electrons. The van der Waals surface area contributed by atoms with Crippen molar-refractivity contribution in [2.45, 2.75) is 291 Å². The van der Waals surface area contributed by atoms with Gasteiger partial charge < -0.3 is 44.6 Å². The van der Waals surface area contributed by atoms with Crippen LogP contribution in [0.2, 0.25) is 11.1 Å². The fraction of sp³-hybridized carbons (Fsp3) is 0.642. The van der Waals surface area contributed by atoms with E-state index in [0.717, 1.165) is 71.0 Å². The maximum atomic E-state index is 4.93. The molecule has 116 heavy (non-hydrogen) atoms. The van der Waals surface area contributed by atoms with Crippen LogP contribution in [0.15, 0.2) is 180 Å². The molecule has 0 N–H and O–H groups in total. The zero-order valence-electron chi connectivity index (χ0n) is 78.4. The summed E-state index contributed by atoms with van der Waals surface area (Å²) in [5.74, 6) is 14.8. The average Bonchev–Trinajstić information content (AvgIpc) is 1.50. The van der Waals surface area contributed by atoms with Gasteiger partial charge in [0, 0.05) is 0 Å². The van der Waals surface area contributed by atoms with Crippen LogP contribution < -0.4 is 10.4 Å². The minimum absolute atomic E-state index is 0. The van der Waals surface area contributed by atoms with Gasteiger partial charge in [-0.2, -0.15) is 0 Å². The Hall–Kier alpha value is 0.446. The number of benzene rings is 2. The summed E-state index contributed by atoms with van der Waals surface area (Å²) in [6.45, 7) is 46.9. The van der Waals surface area contributed by atoms with Crippen molar-refractivity contribution in [1.82, 2.24) is 0 Å². The molecule has 0 amide bonds. The van der Waals surface area contributed by atoms with Crippen molar-refractivity contribution in [3.8, 4) is 0 Å². The van der Waals surface area contributed by atoms with Gasteiger partial charge in [0.25, 0.3) is 0 Å². The van der Waals surface area contributed by atoms with E-state index in [9.17, 15) is 0 Å². The van der Waals surface area contributed by atoms with Gasteiger partial charge in [0.1, 0.15) is 8.07 Å². The van der Waals surface area contributed by atoms with E-state index in [2.05, 4.69) is 241 Å². The van der Waals surface area contributed by atoms with E-state index in [1.54, 1.807) is 32.7 Å². The second-order valence-electron chi connectivity index (χ2n) is 38.5. The summed E-state index contributed by atoms with van der Waals surface area (Å²) in [7, 11) is 27.1. The molecule has 10 heteroatoms. The topological polar surface area (TPSA) is 0 Å². The summed E-state index contributed by atoms with van der Waals surface area (Å²) in [4.78, 5) is 0. The van der Waals surface area contributed by atoms with Gasteiger partial charge in [0.05, 0.1) is 0 Å². The number of rotatable bonds is 8. The van der Waals surface area contributed by atoms with E-state index < -0.39 is 70.6 Å². The van der Waals surface area contributed by atoms with Gasteiger partial charge in [-0.3, -0.25) is 0 Å². The Kier molecular flexibility index (Phi) is 49.9. The van der Waals surface area contributed by atoms with Crippen LogP contribution in [-0.4, -0.2) is 8.07 Å². The van der Waals surface area contributed by atoms with Crippen molar-refractivity contribution in [1.29, 1.82) is 0 Å². The third kappa shape index (κ3) is 24.1. The van der Waals surface area contributed by atoms with Crippen LogP contribution in [0.5, 0.6) is 0 Å². The van der Waals surface area contributed by atoms with Crippen molar-refractivity contribution in [3.63, 3.8) is 0 Å². The first kappa shape index (κ1) is 113. The molecule has 17 rings (SSSR count). The number of hydrogen-bond donors (Lipinski definition) is 0. The SMILES string of the molecule is CC.CC.CC.CC.CC(C)(C1CCC2C=CC=CC21)C1CCC2CCCCC21.CC(C)(C1CCCC1)C1C2C=CC=CC2C2CCCCC21.CC1(C)CCC(C)(C)C2=CC3C(C=C21)C1C=C2C(=CC1C3[Si](c1ccccc1)(c1ccccc1)C1CCC3C=CC=CC31)C(C)(C)CCC2(C)C.[CH3-].[CH3-].[CH3-].[CH3-].[CH3-].[CH3-].[Cl][Zr+2][Cl].[Cl][Zr+2][Cl].[Cl][Zr+2][Cl]. The summed E-state index contributed by atoms with van der Waals surface area (Å²) < 4.78 is 0. The molecule has 0 radical (unpaired) electrons. The van der Waals surface area contributed by atoms with Gasteiger partial charge in [-0.25, -0.2) is 0 Å². The molecule has 0 nitrogen and oxygen atoms in total. The molecular formula is C106H168Cl6SiZr3. The van der Waals surface area contributed by atoms with Crippen molar-refractivity contribution >= 4 is 69.5 Å². The van der Waals surface area contributed by atoms with E-state index in [0.29, 0.717) is 57.4 Å². The second-order valence-corrected chi connectivity index (χ2v) is 54.0. The number of hydrogen-bond acceptors (Lipinski definition) is 0. The Morgan fingerprint density at radius 3 is 1.10 bits per heavy atom. The molecule has 15 aliphatic rings. The predicted octanol–water partition coefficient (Wildman–Crippen LogP) is 35.0. The zero-order chi connectivity index (χ0) is 80.6. The summed E-state index contributed by atoms with van der Waals surface area (Å²) in [6, 6.07) is 24.4. The van der Waals surface area contributed by atoms with Crippen LogP contribution in [0.1, 0.15) is 280 Å². The van der Waals surface area contributed by atoms with Crippen molar-refractivity contribution < 1.29 is 62.5 Å². The Bertz CT molecular complexity index is 3350. The molecule has 18 unspecified atom stereocenters. The fourth-order valence-corrected chi connectivity index (χ4v) is 34.1. The third-order valence-electron chi connectivity index (χ3n) is 31.6. The molecule has 15 aliphatic carbocycles. The molecule has 18 atom stereocenters. The second kappa shape index (κ2) is 51.4. The van der Waals surface area contributed by atoms with Crippen LogP contribution in [0, 0.1) is 184 Å². The quantitative estimate of drug-likeness (QED) is 0.183. The predicted molar refractivity (Wildman–Crippen MR) is 519 cm³/mol. The first-order valence-electron chi connectivity index (χ1n) is 44.8. The Morgan fingerprint density at radius 1 is 0.328 bits per heavy atom. The molecule has 2 aromatic rings. The van der Waals surface area contributed by atoms with Gasteiger partial charge in [0.2, 0.25) is 0 Å². The van der Waals surface area contributed by atoms with Crippen molar-refractivity contribution in [3.05, 3.63) is 225 Å². The summed E-state index contributed by atoms with van der Waals surface area (Å²) in [5.41, 5.74) is 9.95. The van der Waals surface area contributed by atoms with Crippen LogP contribution in [0.25, 0.3) is 0 Å². The van der Waals surface area contributed by atoms with Gasteiger partial charge in [-0.15, -0.1) is 0 Å².